The number of hydrogen-bond acceptors (Lipinski definition) is 3. The van der Waals surface area contributed by atoms with Gasteiger partial charge in [-0.3, -0.25) is 0 Å². The van der Waals surface area contributed by atoms with Gasteiger partial charge < -0.3 is 15.3 Å². The van der Waals surface area contributed by atoms with Gasteiger partial charge in [0.1, 0.15) is 0 Å². The van der Waals surface area contributed by atoms with E-state index in [-0.39, 0.29) is 0 Å². The van der Waals surface area contributed by atoms with Gasteiger partial charge in [-0.2, -0.15) is 0 Å². The highest BCUT2D eigenvalue weighted by Crippen LogP contribution is 2.12. The van der Waals surface area contributed by atoms with Crippen LogP contribution in [0.5, 0.6) is 0 Å². The van der Waals surface area contributed by atoms with Crippen LogP contribution in [0.25, 0.3) is 0 Å². The van der Waals surface area contributed by atoms with Crippen LogP contribution >= 0.6 is 0 Å². The summed E-state index contributed by atoms with van der Waals surface area (Å²) in [7, 11) is 0. The Kier molecular flexibility index (Phi) is 6.98. The molecule has 3 heteroatoms. The van der Waals surface area contributed by atoms with E-state index in [1.807, 2.05) is 0 Å². The minimum atomic E-state index is 0.331. The van der Waals surface area contributed by atoms with Gasteiger partial charge >= 0.3 is 0 Å². The summed E-state index contributed by atoms with van der Waals surface area (Å²) in [6, 6.07) is 0.590. The predicted octanol–water partition coefficient (Wildman–Crippen LogP) is 1.22. The Hall–Kier alpha value is -0.120. The van der Waals surface area contributed by atoms with Crippen molar-refractivity contribution in [3.05, 3.63) is 0 Å². The Balaban J connectivity index is 0.000000187. The molecule has 0 aromatic carbocycles. The van der Waals surface area contributed by atoms with Crippen molar-refractivity contribution in [3.63, 3.8) is 0 Å². The van der Waals surface area contributed by atoms with Gasteiger partial charge in [0.2, 0.25) is 0 Å². The van der Waals surface area contributed by atoms with Crippen molar-refractivity contribution in [1.29, 1.82) is 0 Å². The second kappa shape index (κ2) is 8.08. The van der Waals surface area contributed by atoms with Crippen LogP contribution in [0, 0.1) is 0 Å². The summed E-state index contributed by atoms with van der Waals surface area (Å²) in [6.45, 7) is 7.50. The molecule has 0 amide bonds. The third kappa shape index (κ3) is 5.50. The van der Waals surface area contributed by atoms with Crippen LogP contribution in [0.15, 0.2) is 0 Å². The molecule has 0 aromatic rings. The molecule has 90 valence electrons. The summed E-state index contributed by atoms with van der Waals surface area (Å²) < 4.78 is 0. The van der Waals surface area contributed by atoms with Crippen molar-refractivity contribution in [2.75, 3.05) is 32.8 Å². The van der Waals surface area contributed by atoms with Crippen LogP contribution in [0.1, 0.15) is 39.0 Å². The molecule has 1 atom stereocenters. The molecule has 0 radical (unpaired) electrons. The number of aliphatic hydroxyl groups excluding tert-OH is 1. The number of hydrogen-bond donors (Lipinski definition) is 2. The van der Waals surface area contributed by atoms with Crippen LogP contribution in [0.3, 0.4) is 0 Å². The average Bonchev–Trinajstić information content (AvgIpc) is 2.95. The number of nitrogens with one attached hydrogen (secondary N) is 1. The topological polar surface area (TPSA) is 35.5 Å². The minimum absolute atomic E-state index is 0.331. The number of aliphatic hydroxyl groups is 1. The first-order valence-corrected chi connectivity index (χ1v) is 6.40. The molecule has 15 heavy (non-hydrogen) atoms. The molecule has 2 rings (SSSR count). The van der Waals surface area contributed by atoms with E-state index in [9.17, 15) is 0 Å². The highest BCUT2D eigenvalue weighted by atomic mass is 16.3. The minimum Gasteiger partial charge on any atom is -0.396 e. The SMILES string of the molecule is C1CCNC1.CC(CCO)N1CCCC1. The number of likely N-dealkylation sites (tertiary alicyclic amines) is 1. The lowest BCUT2D eigenvalue weighted by Crippen LogP contribution is -2.30. The molecule has 3 nitrogen and oxygen atoms in total. The van der Waals surface area contributed by atoms with E-state index in [2.05, 4.69) is 17.1 Å². The number of nitrogens with zero attached hydrogens (tertiary/aromatic N) is 1. The molecule has 0 spiro atoms. The van der Waals surface area contributed by atoms with E-state index in [0.29, 0.717) is 12.6 Å². The van der Waals surface area contributed by atoms with Crippen molar-refractivity contribution in [3.8, 4) is 0 Å². The summed E-state index contributed by atoms with van der Waals surface area (Å²) in [6.07, 6.45) is 6.39. The maximum absolute atomic E-state index is 8.67. The average molecular weight is 214 g/mol. The third-order valence-corrected chi connectivity index (χ3v) is 3.27. The molecule has 1 unspecified atom stereocenters. The van der Waals surface area contributed by atoms with Crippen molar-refractivity contribution in [2.45, 2.75) is 45.1 Å². The quantitative estimate of drug-likeness (QED) is 0.741. The molecule has 2 fully saturated rings. The summed E-state index contributed by atoms with van der Waals surface area (Å²) in [5.74, 6) is 0. The van der Waals surface area contributed by atoms with Gasteiger partial charge in [-0.1, -0.05) is 0 Å². The van der Waals surface area contributed by atoms with Crippen molar-refractivity contribution < 1.29 is 5.11 Å². The Bertz CT molecular complexity index is 135. The second-order valence-corrected chi connectivity index (χ2v) is 4.56. The number of rotatable bonds is 3. The van der Waals surface area contributed by atoms with Crippen molar-refractivity contribution in [2.24, 2.45) is 0 Å². The summed E-state index contributed by atoms with van der Waals surface area (Å²) in [4.78, 5) is 2.45. The fourth-order valence-corrected chi connectivity index (χ4v) is 2.18. The normalized spacial score (nSPS) is 23.6. The van der Waals surface area contributed by atoms with Crippen LogP contribution in [-0.4, -0.2) is 48.8 Å². The summed E-state index contributed by atoms with van der Waals surface area (Å²) in [5, 5.41) is 11.9. The van der Waals surface area contributed by atoms with Crippen molar-refractivity contribution >= 4 is 0 Å². The lowest BCUT2D eigenvalue weighted by atomic mass is 10.2. The molecule has 0 aliphatic carbocycles. The molecule has 2 aliphatic heterocycles. The van der Waals surface area contributed by atoms with Crippen LogP contribution in [0.2, 0.25) is 0 Å². The van der Waals surface area contributed by atoms with E-state index in [4.69, 9.17) is 5.11 Å². The molecule has 2 saturated heterocycles. The van der Waals surface area contributed by atoms with E-state index < -0.39 is 0 Å². The zero-order chi connectivity index (χ0) is 10.9. The Morgan fingerprint density at radius 3 is 2.13 bits per heavy atom. The van der Waals surface area contributed by atoms with Crippen LogP contribution in [0.4, 0.5) is 0 Å². The van der Waals surface area contributed by atoms with E-state index >= 15 is 0 Å². The molecule has 0 bridgehead atoms. The Morgan fingerprint density at radius 1 is 1.13 bits per heavy atom. The Labute approximate surface area is 93.9 Å². The molecule has 0 saturated carbocycles. The highest BCUT2D eigenvalue weighted by molar-refractivity contribution is 4.72. The van der Waals surface area contributed by atoms with Gasteiger partial charge in [0.25, 0.3) is 0 Å². The van der Waals surface area contributed by atoms with Gasteiger partial charge in [0.05, 0.1) is 0 Å². The van der Waals surface area contributed by atoms with Gasteiger partial charge in [-0.25, -0.2) is 0 Å². The first kappa shape index (κ1) is 12.9. The first-order valence-electron chi connectivity index (χ1n) is 6.40. The molecule has 0 aromatic heterocycles. The van der Waals surface area contributed by atoms with Crippen LogP contribution < -0.4 is 5.32 Å². The monoisotopic (exact) mass is 214 g/mol. The first-order chi connectivity index (χ1) is 7.34. The Morgan fingerprint density at radius 2 is 1.73 bits per heavy atom. The second-order valence-electron chi connectivity index (χ2n) is 4.56. The smallest absolute Gasteiger partial charge is 0.0445 e. The zero-order valence-electron chi connectivity index (χ0n) is 10.0. The van der Waals surface area contributed by atoms with Gasteiger partial charge in [-0.15, -0.1) is 0 Å². The molecular formula is C12H26N2O. The highest BCUT2D eigenvalue weighted by Gasteiger charge is 2.16. The van der Waals surface area contributed by atoms with E-state index in [1.165, 1.54) is 51.9 Å². The standard InChI is InChI=1S/C8H17NO.C4H9N/c1-8(4-7-10)9-5-2-3-6-9;1-2-4-5-3-1/h8,10H,2-7H2,1H3;5H,1-4H2. The molecule has 2 N–H and O–H groups in total. The van der Waals surface area contributed by atoms with Gasteiger partial charge in [-0.05, 0) is 65.2 Å². The third-order valence-electron chi connectivity index (χ3n) is 3.27. The lowest BCUT2D eigenvalue weighted by Gasteiger charge is -2.22. The van der Waals surface area contributed by atoms with Gasteiger partial charge in [0, 0.05) is 12.6 Å². The molecule has 2 heterocycles. The largest absolute Gasteiger partial charge is 0.396 e. The van der Waals surface area contributed by atoms with Gasteiger partial charge in [0.15, 0.2) is 0 Å². The fraction of sp³-hybridized carbons (Fsp3) is 1.00. The maximum Gasteiger partial charge on any atom is 0.0445 e. The van der Waals surface area contributed by atoms with E-state index in [0.717, 1.165) is 6.42 Å². The fourth-order valence-electron chi connectivity index (χ4n) is 2.18. The lowest BCUT2D eigenvalue weighted by molar-refractivity contribution is 0.196. The molecular weight excluding hydrogens is 188 g/mol. The molecule has 2 aliphatic rings. The summed E-state index contributed by atoms with van der Waals surface area (Å²) in [5.41, 5.74) is 0. The zero-order valence-corrected chi connectivity index (χ0v) is 10.0. The predicted molar refractivity (Wildman–Crippen MR) is 64.1 cm³/mol. The van der Waals surface area contributed by atoms with Crippen molar-refractivity contribution in [1.82, 2.24) is 10.2 Å². The van der Waals surface area contributed by atoms with E-state index in [1.54, 1.807) is 0 Å². The summed E-state index contributed by atoms with van der Waals surface area (Å²) >= 11 is 0. The van der Waals surface area contributed by atoms with Crippen LogP contribution in [-0.2, 0) is 0 Å². The maximum atomic E-state index is 8.67.